The van der Waals surface area contributed by atoms with E-state index in [0.29, 0.717) is 0 Å². The summed E-state index contributed by atoms with van der Waals surface area (Å²) in [7, 11) is 1.91. The predicted octanol–water partition coefficient (Wildman–Crippen LogP) is 1.66. The van der Waals surface area contributed by atoms with E-state index < -0.39 is 0 Å². The van der Waals surface area contributed by atoms with E-state index in [0.717, 1.165) is 16.6 Å². The van der Waals surface area contributed by atoms with Crippen LogP contribution in [0.2, 0.25) is 0 Å². The summed E-state index contributed by atoms with van der Waals surface area (Å²) in [5.74, 6) is 0. The molecule has 2 heterocycles. The summed E-state index contributed by atoms with van der Waals surface area (Å²) >= 11 is 0. The van der Waals surface area contributed by atoms with E-state index in [1.165, 1.54) is 0 Å². The highest BCUT2D eigenvalue weighted by atomic mass is 15.3. The van der Waals surface area contributed by atoms with Gasteiger partial charge in [0, 0.05) is 17.8 Å². The van der Waals surface area contributed by atoms with E-state index in [9.17, 15) is 0 Å². The lowest BCUT2D eigenvalue weighted by Crippen LogP contribution is -2.14. The van der Waals surface area contributed by atoms with Crippen LogP contribution in [-0.4, -0.2) is 20.0 Å². The lowest BCUT2D eigenvalue weighted by molar-refractivity contribution is 0.565. The molecule has 2 aromatic heterocycles. The highest BCUT2D eigenvalue weighted by Crippen LogP contribution is 2.26. The largest absolute Gasteiger partial charge is 0.266 e. The summed E-state index contributed by atoms with van der Waals surface area (Å²) in [5.41, 5.74) is 2.04. The Morgan fingerprint density at radius 1 is 1.21 bits per heavy atom. The summed E-state index contributed by atoms with van der Waals surface area (Å²) in [6.45, 7) is 6.39. The summed E-state index contributed by atoms with van der Waals surface area (Å²) in [5, 5.41) is 13.5. The van der Waals surface area contributed by atoms with E-state index in [1.807, 2.05) is 17.9 Å². The molecule has 0 atom stereocenters. The van der Waals surface area contributed by atoms with Crippen LogP contribution < -0.4 is 0 Å². The Hall–Kier alpha value is -1.45. The molecule has 0 aliphatic carbocycles. The van der Waals surface area contributed by atoms with Gasteiger partial charge in [-0.25, -0.2) is 0 Å². The van der Waals surface area contributed by atoms with Crippen molar-refractivity contribution in [3.8, 4) is 0 Å². The molecule has 0 saturated heterocycles. The van der Waals surface area contributed by atoms with E-state index in [1.54, 1.807) is 6.20 Å². The van der Waals surface area contributed by atoms with E-state index >= 15 is 0 Å². The van der Waals surface area contributed by atoms with Gasteiger partial charge in [-0.05, 0) is 0 Å². The molecule has 0 amide bonds. The van der Waals surface area contributed by atoms with Gasteiger partial charge in [0.2, 0.25) is 0 Å². The molecule has 0 saturated carbocycles. The minimum Gasteiger partial charge on any atom is -0.266 e. The highest BCUT2D eigenvalue weighted by Gasteiger charge is 2.20. The third-order valence-electron chi connectivity index (χ3n) is 2.29. The number of nitrogens with zero attached hydrogens (tertiary/aromatic N) is 4. The van der Waals surface area contributed by atoms with Crippen molar-refractivity contribution >= 4 is 10.9 Å². The van der Waals surface area contributed by atoms with Gasteiger partial charge in [-0.2, -0.15) is 15.3 Å². The second-order valence-corrected chi connectivity index (χ2v) is 4.51. The fraction of sp³-hybridized carbons (Fsp3) is 0.500. The second kappa shape index (κ2) is 2.77. The zero-order valence-electron chi connectivity index (χ0n) is 8.94. The number of hydrogen-bond donors (Lipinski definition) is 0. The van der Waals surface area contributed by atoms with E-state index in [2.05, 4.69) is 36.1 Å². The van der Waals surface area contributed by atoms with Gasteiger partial charge in [-0.1, -0.05) is 20.8 Å². The van der Waals surface area contributed by atoms with Crippen LogP contribution in [0.5, 0.6) is 0 Å². The minimum absolute atomic E-state index is 0.00947. The quantitative estimate of drug-likeness (QED) is 0.634. The van der Waals surface area contributed by atoms with Gasteiger partial charge in [0.05, 0.1) is 23.6 Å². The molecule has 2 rings (SSSR count). The Morgan fingerprint density at radius 2 is 1.93 bits per heavy atom. The van der Waals surface area contributed by atoms with Crippen molar-refractivity contribution < 1.29 is 0 Å². The number of aromatic nitrogens is 4. The average Bonchev–Trinajstić information content (AvgIpc) is 2.46. The van der Waals surface area contributed by atoms with Gasteiger partial charge in [0.15, 0.2) is 0 Å². The maximum atomic E-state index is 4.21. The van der Waals surface area contributed by atoms with E-state index in [-0.39, 0.29) is 5.41 Å². The predicted molar refractivity (Wildman–Crippen MR) is 55.0 cm³/mol. The van der Waals surface area contributed by atoms with Gasteiger partial charge in [0.25, 0.3) is 0 Å². The monoisotopic (exact) mass is 190 g/mol. The molecule has 0 aliphatic rings. The SMILES string of the molecule is Cn1ncc2c(C(C)(C)C)nncc21. The fourth-order valence-electron chi connectivity index (χ4n) is 1.53. The van der Waals surface area contributed by atoms with Gasteiger partial charge in [0.1, 0.15) is 0 Å². The molecule has 4 nitrogen and oxygen atoms in total. The molecule has 2 aromatic rings. The van der Waals surface area contributed by atoms with Gasteiger partial charge in [-0.3, -0.25) is 4.68 Å². The zero-order chi connectivity index (χ0) is 10.3. The molecular formula is C10H14N4. The van der Waals surface area contributed by atoms with Crippen molar-refractivity contribution in [2.45, 2.75) is 26.2 Å². The number of rotatable bonds is 0. The van der Waals surface area contributed by atoms with Crippen LogP contribution in [0.3, 0.4) is 0 Å². The molecule has 0 bridgehead atoms. The van der Waals surface area contributed by atoms with Crippen molar-refractivity contribution in [2.24, 2.45) is 7.05 Å². The molecule has 0 spiro atoms. The Balaban J connectivity index is 2.79. The van der Waals surface area contributed by atoms with Crippen molar-refractivity contribution in [3.05, 3.63) is 18.1 Å². The fourth-order valence-corrected chi connectivity index (χ4v) is 1.53. The number of aryl methyl sites for hydroxylation is 1. The van der Waals surface area contributed by atoms with Gasteiger partial charge < -0.3 is 0 Å². The first-order valence-electron chi connectivity index (χ1n) is 4.64. The standard InChI is InChI=1S/C10H14N4/c1-10(2,3)9-7-5-12-14(4)8(7)6-11-13-9/h5-6H,1-4H3. The summed E-state index contributed by atoms with van der Waals surface area (Å²) < 4.78 is 1.82. The maximum absolute atomic E-state index is 4.21. The zero-order valence-corrected chi connectivity index (χ0v) is 8.94. The first-order chi connectivity index (χ1) is 6.50. The average molecular weight is 190 g/mol. The van der Waals surface area contributed by atoms with Crippen LogP contribution in [0.4, 0.5) is 0 Å². The van der Waals surface area contributed by atoms with Crippen LogP contribution >= 0.6 is 0 Å². The molecule has 0 unspecified atom stereocenters. The Kier molecular flexibility index (Phi) is 1.80. The third-order valence-corrected chi connectivity index (χ3v) is 2.29. The topological polar surface area (TPSA) is 43.6 Å². The molecule has 0 aromatic carbocycles. The second-order valence-electron chi connectivity index (χ2n) is 4.51. The molecule has 0 radical (unpaired) electrons. The Labute approximate surface area is 83.0 Å². The van der Waals surface area contributed by atoms with Crippen LogP contribution in [0.25, 0.3) is 10.9 Å². The third kappa shape index (κ3) is 1.27. The molecule has 0 aliphatic heterocycles. The maximum Gasteiger partial charge on any atom is 0.0899 e. The first kappa shape index (κ1) is 9.12. The van der Waals surface area contributed by atoms with Crippen LogP contribution in [-0.2, 0) is 12.5 Å². The van der Waals surface area contributed by atoms with Crippen molar-refractivity contribution in [3.63, 3.8) is 0 Å². The highest BCUT2D eigenvalue weighted by molar-refractivity contribution is 5.80. The smallest absolute Gasteiger partial charge is 0.0899 e. The summed E-state index contributed by atoms with van der Waals surface area (Å²) in [4.78, 5) is 0. The lowest BCUT2D eigenvalue weighted by atomic mass is 9.90. The van der Waals surface area contributed by atoms with Gasteiger partial charge in [-0.15, -0.1) is 0 Å². The first-order valence-corrected chi connectivity index (χ1v) is 4.64. The lowest BCUT2D eigenvalue weighted by Gasteiger charge is -2.17. The molecule has 4 heteroatoms. The Bertz CT molecular complexity index is 464. The minimum atomic E-state index is 0.00947. The van der Waals surface area contributed by atoms with Crippen molar-refractivity contribution in [1.29, 1.82) is 0 Å². The molecule has 0 N–H and O–H groups in total. The number of hydrogen-bond acceptors (Lipinski definition) is 3. The van der Waals surface area contributed by atoms with Crippen LogP contribution in [0, 0.1) is 0 Å². The molecular weight excluding hydrogens is 176 g/mol. The Morgan fingerprint density at radius 3 is 2.57 bits per heavy atom. The summed E-state index contributed by atoms with van der Waals surface area (Å²) in [6.07, 6.45) is 3.60. The van der Waals surface area contributed by atoms with Crippen LogP contribution in [0.1, 0.15) is 26.5 Å². The number of fused-ring (bicyclic) bond motifs is 1. The summed E-state index contributed by atoms with van der Waals surface area (Å²) in [6, 6.07) is 0. The molecule has 14 heavy (non-hydrogen) atoms. The normalized spacial score (nSPS) is 12.3. The van der Waals surface area contributed by atoms with Crippen molar-refractivity contribution in [1.82, 2.24) is 20.0 Å². The van der Waals surface area contributed by atoms with Crippen LogP contribution in [0.15, 0.2) is 12.4 Å². The van der Waals surface area contributed by atoms with Gasteiger partial charge >= 0.3 is 0 Å². The van der Waals surface area contributed by atoms with Crippen molar-refractivity contribution in [2.75, 3.05) is 0 Å². The van der Waals surface area contributed by atoms with E-state index in [4.69, 9.17) is 0 Å². The molecule has 74 valence electrons. The molecule has 0 fully saturated rings.